The second kappa shape index (κ2) is 6.38. The maximum absolute atomic E-state index is 11.8. The van der Waals surface area contributed by atoms with Gasteiger partial charge in [-0.15, -0.1) is 0 Å². The van der Waals surface area contributed by atoms with Crippen molar-refractivity contribution < 1.29 is 4.79 Å². The van der Waals surface area contributed by atoms with Gasteiger partial charge in [0.15, 0.2) is 5.16 Å². The van der Waals surface area contributed by atoms with E-state index in [1.54, 1.807) is 0 Å². The van der Waals surface area contributed by atoms with Gasteiger partial charge in [-0.3, -0.25) is 9.59 Å². The molecule has 0 unspecified atom stereocenters. The summed E-state index contributed by atoms with van der Waals surface area (Å²) in [5.74, 6) is 0.0598. The van der Waals surface area contributed by atoms with Crippen molar-refractivity contribution in [3.63, 3.8) is 0 Å². The number of hydrogen-bond donors (Lipinski definition) is 2. The molecule has 0 fully saturated rings. The molecule has 0 aliphatic heterocycles. The van der Waals surface area contributed by atoms with Gasteiger partial charge in [0.05, 0.1) is 5.75 Å². The van der Waals surface area contributed by atoms with Gasteiger partial charge in [-0.05, 0) is 37.1 Å². The lowest BCUT2D eigenvalue weighted by molar-refractivity contribution is -0.113. The van der Waals surface area contributed by atoms with Crippen LogP contribution in [0.1, 0.15) is 11.1 Å². The number of benzene rings is 1. The smallest absolute Gasteiger partial charge is 0.251 e. The minimum Gasteiger partial charge on any atom is -0.325 e. The van der Waals surface area contributed by atoms with E-state index in [9.17, 15) is 9.59 Å². The summed E-state index contributed by atoms with van der Waals surface area (Å²) in [5.41, 5.74) is 2.86. The van der Waals surface area contributed by atoms with E-state index in [0.29, 0.717) is 5.16 Å². The summed E-state index contributed by atoms with van der Waals surface area (Å²) in [4.78, 5) is 29.4. The number of nitrogens with zero attached hydrogens (tertiary/aromatic N) is 1. The number of hydrogen-bond acceptors (Lipinski definition) is 4. The number of amides is 1. The molecule has 20 heavy (non-hydrogen) atoms. The van der Waals surface area contributed by atoms with Crippen LogP contribution in [0.15, 0.2) is 40.4 Å². The Hall–Kier alpha value is -2.08. The molecule has 0 aliphatic carbocycles. The third-order valence-electron chi connectivity index (χ3n) is 2.78. The van der Waals surface area contributed by atoms with Crippen LogP contribution < -0.4 is 10.9 Å². The van der Waals surface area contributed by atoms with Crippen LogP contribution in [0.4, 0.5) is 5.69 Å². The molecule has 2 aromatic rings. The lowest BCUT2D eigenvalue weighted by atomic mass is 10.1. The molecule has 0 saturated heterocycles. The zero-order valence-electron chi connectivity index (χ0n) is 11.3. The first-order valence-corrected chi connectivity index (χ1v) is 7.08. The molecule has 2 rings (SSSR count). The lowest BCUT2D eigenvalue weighted by Crippen LogP contribution is -2.15. The van der Waals surface area contributed by atoms with Crippen LogP contribution >= 0.6 is 11.8 Å². The fourth-order valence-corrected chi connectivity index (χ4v) is 2.22. The monoisotopic (exact) mass is 289 g/mol. The number of H-pyrrole nitrogens is 1. The van der Waals surface area contributed by atoms with Crippen LogP contribution in [-0.4, -0.2) is 21.6 Å². The van der Waals surface area contributed by atoms with Crippen molar-refractivity contribution in [2.45, 2.75) is 19.0 Å². The number of rotatable bonds is 4. The van der Waals surface area contributed by atoms with E-state index in [1.807, 2.05) is 32.0 Å². The van der Waals surface area contributed by atoms with Crippen LogP contribution in [0, 0.1) is 13.8 Å². The molecule has 1 aromatic heterocycles. The van der Waals surface area contributed by atoms with Gasteiger partial charge >= 0.3 is 0 Å². The van der Waals surface area contributed by atoms with E-state index in [4.69, 9.17) is 0 Å². The average Bonchev–Trinajstić information content (AvgIpc) is 2.41. The highest BCUT2D eigenvalue weighted by Crippen LogP contribution is 2.15. The largest absolute Gasteiger partial charge is 0.325 e. The maximum atomic E-state index is 11.8. The van der Waals surface area contributed by atoms with Gasteiger partial charge < -0.3 is 10.3 Å². The topological polar surface area (TPSA) is 74.8 Å². The van der Waals surface area contributed by atoms with Crippen molar-refractivity contribution >= 4 is 23.4 Å². The van der Waals surface area contributed by atoms with Crippen molar-refractivity contribution in [3.05, 3.63) is 51.9 Å². The van der Waals surface area contributed by atoms with E-state index < -0.39 is 0 Å². The molecule has 0 atom stereocenters. The molecule has 0 spiro atoms. The predicted octanol–water partition coefficient (Wildman–Crippen LogP) is 2.12. The van der Waals surface area contributed by atoms with Crippen molar-refractivity contribution in [1.82, 2.24) is 9.97 Å². The Morgan fingerprint density at radius 3 is 2.80 bits per heavy atom. The van der Waals surface area contributed by atoms with Crippen molar-refractivity contribution in [2.24, 2.45) is 0 Å². The summed E-state index contributed by atoms with van der Waals surface area (Å²) in [6.07, 6.45) is 1.42. The molecule has 1 heterocycles. The average molecular weight is 289 g/mol. The zero-order valence-corrected chi connectivity index (χ0v) is 12.1. The van der Waals surface area contributed by atoms with Gasteiger partial charge in [-0.2, -0.15) is 0 Å². The van der Waals surface area contributed by atoms with Crippen LogP contribution in [0.25, 0.3) is 0 Å². The van der Waals surface area contributed by atoms with E-state index >= 15 is 0 Å². The zero-order chi connectivity index (χ0) is 14.5. The fraction of sp³-hybridized carbons (Fsp3) is 0.214. The molecule has 6 heteroatoms. The van der Waals surface area contributed by atoms with Gasteiger partial charge in [0, 0.05) is 18.0 Å². The number of aryl methyl sites for hydroxylation is 2. The molecule has 0 bridgehead atoms. The predicted molar refractivity (Wildman–Crippen MR) is 80.1 cm³/mol. The first-order chi connectivity index (χ1) is 9.54. The summed E-state index contributed by atoms with van der Waals surface area (Å²) in [7, 11) is 0. The molecular formula is C14H15N3O2S. The molecule has 0 aliphatic rings. The third kappa shape index (κ3) is 3.96. The number of carbonyl (C=O) groups is 1. The Bertz CT molecular complexity index is 682. The lowest BCUT2D eigenvalue weighted by Gasteiger charge is -2.07. The molecule has 5 nitrogen and oxygen atoms in total. The standard InChI is InChI=1S/C14H15N3O2S/c1-9-3-4-11(7-10(9)2)16-13(19)8-20-14-15-6-5-12(18)17-14/h3-7H,8H2,1-2H3,(H,16,19)(H,15,17,18). The first kappa shape index (κ1) is 14.3. The second-order valence-corrected chi connectivity index (χ2v) is 5.34. The normalized spacial score (nSPS) is 10.3. The highest BCUT2D eigenvalue weighted by molar-refractivity contribution is 7.99. The van der Waals surface area contributed by atoms with E-state index in [2.05, 4.69) is 15.3 Å². The quantitative estimate of drug-likeness (QED) is 0.668. The van der Waals surface area contributed by atoms with Gasteiger partial charge in [-0.1, -0.05) is 17.8 Å². The van der Waals surface area contributed by atoms with E-state index in [1.165, 1.54) is 29.6 Å². The SMILES string of the molecule is Cc1ccc(NC(=O)CSc2nccc(=O)[nH]2)cc1C. The minimum absolute atomic E-state index is 0.134. The van der Waals surface area contributed by atoms with Gasteiger partial charge in [0.2, 0.25) is 5.91 Å². The van der Waals surface area contributed by atoms with Crippen molar-refractivity contribution in [1.29, 1.82) is 0 Å². The molecule has 1 amide bonds. The van der Waals surface area contributed by atoms with Crippen LogP contribution in [0.2, 0.25) is 0 Å². The van der Waals surface area contributed by atoms with Gasteiger partial charge in [0.1, 0.15) is 0 Å². The highest BCUT2D eigenvalue weighted by atomic mass is 32.2. The number of aromatic nitrogens is 2. The Morgan fingerprint density at radius 1 is 1.30 bits per heavy atom. The van der Waals surface area contributed by atoms with Crippen LogP contribution in [0.3, 0.4) is 0 Å². The van der Waals surface area contributed by atoms with Gasteiger partial charge in [-0.25, -0.2) is 4.98 Å². The summed E-state index contributed by atoms with van der Waals surface area (Å²) in [6, 6.07) is 7.10. The Labute approximate surface area is 120 Å². The number of thioether (sulfide) groups is 1. The summed E-state index contributed by atoms with van der Waals surface area (Å²) in [6.45, 7) is 4.02. The number of nitrogens with one attached hydrogen (secondary N) is 2. The molecule has 0 saturated carbocycles. The van der Waals surface area contributed by atoms with E-state index in [0.717, 1.165) is 11.3 Å². The van der Waals surface area contributed by atoms with Crippen molar-refractivity contribution in [3.8, 4) is 0 Å². The highest BCUT2D eigenvalue weighted by Gasteiger charge is 2.05. The summed E-state index contributed by atoms with van der Waals surface area (Å²) < 4.78 is 0. The first-order valence-electron chi connectivity index (χ1n) is 6.10. The molecule has 2 N–H and O–H groups in total. The Balaban J connectivity index is 1.92. The van der Waals surface area contributed by atoms with Gasteiger partial charge in [0.25, 0.3) is 5.56 Å². The molecular weight excluding hydrogens is 274 g/mol. The summed E-state index contributed by atoms with van der Waals surface area (Å²) in [5, 5.41) is 3.25. The number of aromatic amines is 1. The maximum Gasteiger partial charge on any atom is 0.251 e. The fourth-order valence-electron chi connectivity index (χ4n) is 1.58. The van der Waals surface area contributed by atoms with Crippen LogP contribution in [0.5, 0.6) is 0 Å². The number of carbonyl (C=O) groups excluding carboxylic acids is 1. The molecule has 0 radical (unpaired) electrons. The van der Waals surface area contributed by atoms with E-state index in [-0.39, 0.29) is 17.2 Å². The Kier molecular flexibility index (Phi) is 4.57. The minimum atomic E-state index is -0.225. The molecule has 104 valence electrons. The van der Waals surface area contributed by atoms with Crippen molar-refractivity contribution in [2.75, 3.05) is 11.1 Å². The Morgan fingerprint density at radius 2 is 2.10 bits per heavy atom. The summed E-state index contributed by atoms with van der Waals surface area (Å²) >= 11 is 1.19. The second-order valence-electron chi connectivity index (χ2n) is 4.38. The van der Waals surface area contributed by atoms with Crippen LogP contribution in [-0.2, 0) is 4.79 Å². The third-order valence-corrected chi connectivity index (χ3v) is 3.67. The number of anilines is 1. The molecule has 1 aromatic carbocycles.